The molecule has 0 saturated heterocycles. The van der Waals surface area contributed by atoms with Gasteiger partial charge in [0, 0.05) is 6.20 Å². The lowest BCUT2D eigenvalue weighted by Gasteiger charge is -2.06. The Bertz CT molecular complexity index is 856. The van der Waals surface area contributed by atoms with Crippen molar-refractivity contribution < 1.29 is 13.5 Å². The van der Waals surface area contributed by atoms with Crippen molar-refractivity contribution in [3.8, 4) is 11.8 Å². The molecule has 1 N–H and O–H groups in total. The Morgan fingerprint density at radius 3 is 2.41 bits per heavy atom. The van der Waals surface area contributed by atoms with Gasteiger partial charge < -0.3 is 5.11 Å². The lowest BCUT2D eigenvalue weighted by Crippen LogP contribution is -2.05. The van der Waals surface area contributed by atoms with Gasteiger partial charge in [-0.3, -0.25) is 0 Å². The van der Waals surface area contributed by atoms with Crippen LogP contribution in [0.4, 0.5) is 0 Å². The zero-order chi connectivity index (χ0) is 16.3. The van der Waals surface area contributed by atoms with Crippen LogP contribution in [0.25, 0.3) is 6.08 Å². The molecule has 0 fully saturated rings. The van der Waals surface area contributed by atoms with Gasteiger partial charge in [0.1, 0.15) is 11.8 Å². The number of aromatic hydroxyl groups is 1. The van der Waals surface area contributed by atoms with E-state index < -0.39 is 14.7 Å². The molecular weight excluding hydrogens is 300 g/mol. The summed E-state index contributed by atoms with van der Waals surface area (Å²) >= 11 is 0. The molecule has 2 rings (SSSR count). The Kier molecular flexibility index (Phi) is 4.29. The molecule has 1 heterocycles. The van der Waals surface area contributed by atoms with E-state index in [9.17, 15) is 18.8 Å². The van der Waals surface area contributed by atoms with E-state index >= 15 is 0 Å². The van der Waals surface area contributed by atoms with Crippen LogP contribution >= 0.6 is 0 Å². The number of nitrogens with zero attached hydrogens (tertiary/aromatic N) is 2. The molecule has 22 heavy (non-hydrogen) atoms. The number of nitriles is 1. The molecule has 0 aliphatic carbocycles. The van der Waals surface area contributed by atoms with E-state index in [1.54, 1.807) is 44.2 Å². The maximum absolute atomic E-state index is 12.4. The topological polar surface area (TPSA) is 91.0 Å². The molecule has 1 aromatic heterocycles. The van der Waals surface area contributed by atoms with Crippen LogP contribution in [-0.2, 0) is 9.84 Å². The van der Waals surface area contributed by atoms with Gasteiger partial charge in [0.05, 0.1) is 0 Å². The van der Waals surface area contributed by atoms with Crippen molar-refractivity contribution in [1.29, 1.82) is 5.26 Å². The number of aryl methyl sites for hydroxylation is 2. The standard InChI is InChI=1S/C16H14N2O3S/c1-11-7-13(8-12(2)16(11)19)9-14(10-17)22(20,21)15-5-3-4-6-18-15/h3-9,19H,1-2H3. The van der Waals surface area contributed by atoms with Gasteiger partial charge in [-0.2, -0.15) is 5.26 Å². The Balaban J connectivity index is 2.56. The highest BCUT2D eigenvalue weighted by molar-refractivity contribution is 7.95. The van der Waals surface area contributed by atoms with E-state index in [1.807, 2.05) is 0 Å². The molecule has 0 aliphatic rings. The number of sulfone groups is 1. The van der Waals surface area contributed by atoms with Crippen LogP contribution in [0, 0.1) is 25.2 Å². The van der Waals surface area contributed by atoms with Gasteiger partial charge in [0.15, 0.2) is 9.93 Å². The lowest BCUT2D eigenvalue weighted by molar-refractivity contribution is 0.467. The van der Waals surface area contributed by atoms with Gasteiger partial charge in [-0.05, 0) is 60.9 Å². The van der Waals surface area contributed by atoms with Gasteiger partial charge in [-0.25, -0.2) is 13.4 Å². The molecule has 0 radical (unpaired) electrons. The number of phenols is 1. The highest BCUT2D eigenvalue weighted by Gasteiger charge is 2.22. The summed E-state index contributed by atoms with van der Waals surface area (Å²) in [6.07, 6.45) is 2.64. The van der Waals surface area contributed by atoms with Crippen molar-refractivity contribution in [3.05, 3.63) is 58.1 Å². The number of benzene rings is 1. The predicted octanol–water partition coefficient (Wildman–Crippen LogP) is 2.74. The van der Waals surface area contributed by atoms with Gasteiger partial charge in [-0.1, -0.05) is 6.07 Å². The van der Waals surface area contributed by atoms with Crippen molar-refractivity contribution >= 4 is 15.9 Å². The quantitative estimate of drug-likeness (QED) is 0.880. The number of hydrogen-bond donors (Lipinski definition) is 1. The average Bonchev–Trinajstić information content (AvgIpc) is 2.50. The van der Waals surface area contributed by atoms with E-state index in [2.05, 4.69) is 4.98 Å². The normalized spacial score (nSPS) is 12.0. The summed E-state index contributed by atoms with van der Waals surface area (Å²) in [5.41, 5.74) is 1.75. The summed E-state index contributed by atoms with van der Waals surface area (Å²) in [7, 11) is -3.96. The van der Waals surface area contributed by atoms with E-state index in [1.165, 1.54) is 18.3 Å². The number of hydrogen-bond acceptors (Lipinski definition) is 5. The van der Waals surface area contributed by atoms with Gasteiger partial charge in [-0.15, -0.1) is 0 Å². The van der Waals surface area contributed by atoms with E-state index in [4.69, 9.17) is 0 Å². The summed E-state index contributed by atoms with van der Waals surface area (Å²) in [5.74, 6) is 0.156. The molecule has 0 saturated carbocycles. The Labute approximate surface area is 129 Å². The van der Waals surface area contributed by atoms with Crippen molar-refractivity contribution in [2.75, 3.05) is 0 Å². The molecule has 0 atom stereocenters. The fourth-order valence-corrected chi connectivity index (χ4v) is 3.11. The molecule has 1 aromatic carbocycles. The number of rotatable bonds is 3. The fourth-order valence-electron chi connectivity index (χ4n) is 2.01. The molecule has 112 valence electrons. The first-order valence-electron chi connectivity index (χ1n) is 6.44. The van der Waals surface area contributed by atoms with Crippen LogP contribution in [0.15, 0.2) is 46.5 Å². The number of pyridine rings is 1. The first-order valence-corrected chi connectivity index (χ1v) is 7.92. The average molecular weight is 314 g/mol. The van der Waals surface area contributed by atoms with Crippen molar-refractivity contribution in [3.63, 3.8) is 0 Å². The maximum atomic E-state index is 12.4. The second kappa shape index (κ2) is 6.00. The van der Waals surface area contributed by atoms with Crippen LogP contribution < -0.4 is 0 Å². The minimum Gasteiger partial charge on any atom is -0.507 e. The van der Waals surface area contributed by atoms with Crippen LogP contribution in [0.5, 0.6) is 5.75 Å². The third-order valence-electron chi connectivity index (χ3n) is 3.12. The number of phenolic OH excluding ortho intramolecular Hbond substituents is 1. The second-order valence-corrected chi connectivity index (χ2v) is 6.66. The molecule has 2 aromatic rings. The first-order chi connectivity index (χ1) is 10.4. The highest BCUT2D eigenvalue weighted by atomic mass is 32.2. The third-order valence-corrected chi connectivity index (χ3v) is 4.70. The maximum Gasteiger partial charge on any atom is 0.233 e. The zero-order valence-corrected chi connectivity index (χ0v) is 12.9. The molecular formula is C16H14N2O3S. The van der Waals surface area contributed by atoms with Crippen LogP contribution in [0.1, 0.15) is 16.7 Å². The summed E-state index contributed by atoms with van der Waals surface area (Å²) in [4.78, 5) is 3.40. The summed E-state index contributed by atoms with van der Waals surface area (Å²) in [6, 6.07) is 9.44. The zero-order valence-electron chi connectivity index (χ0n) is 12.1. The van der Waals surface area contributed by atoms with E-state index in [-0.39, 0.29) is 10.8 Å². The van der Waals surface area contributed by atoms with Crippen LogP contribution in [-0.4, -0.2) is 18.5 Å². The molecule has 5 nitrogen and oxygen atoms in total. The molecule has 0 aliphatic heterocycles. The van der Waals surface area contributed by atoms with Gasteiger partial charge in [0.25, 0.3) is 0 Å². The molecule has 0 spiro atoms. The van der Waals surface area contributed by atoms with Crippen molar-refractivity contribution in [2.24, 2.45) is 0 Å². The number of aromatic nitrogens is 1. The van der Waals surface area contributed by atoms with Crippen molar-refractivity contribution in [2.45, 2.75) is 18.9 Å². The Morgan fingerprint density at radius 1 is 1.27 bits per heavy atom. The predicted molar refractivity (Wildman–Crippen MR) is 82.6 cm³/mol. The van der Waals surface area contributed by atoms with Gasteiger partial charge >= 0.3 is 0 Å². The summed E-state index contributed by atoms with van der Waals surface area (Å²) < 4.78 is 24.8. The first kappa shape index (κ1) is 15.7. The Hall–Kier alpha value is -2.65. The largest absolute Gasteiger partial charge is 0.507 e. The molecule has 0 amide bonds. The SMILES string of the molecule is Cc1cc(C=C(C#N)S(=O)(=O)c2ccccn2)cc(C)c1O. The number of allylic oxidation sites excluding steroid dienone is 1. The molecule has 6 heteroatoms. The summed E-state index contributed by atoms with van der Waals surface area (Å²) in [6.45, 7) is 3.41. The van der Waals surface area contributed by atoms with Crippen LogP contribution in [0.3, 0.4) is 0 Å². The molecule has 0 bridgehead atoms. The molecule has 0 unspecified atom stereocenters. The second-order valence-electron chi connectivity index (χ2n) is 4.80. The van der Waals surface area contributed by atoms with Crippen LogP contribution in [0.2, 0.25) is 0 Å². The lowest BCUT2D eigenvalue weighted by atomic mass is 10.1. The minimum absolute atomic E-state index is 0.156. The monoisotopic (exact) mass is 314 g/mol. The Morgan fingerprint density at radius 2 is 1.91 bits per heavy atom. The van der Waals surface area contributed by atoms with Gasteiger partial charge in [0.2, 0.25) is 9.84 Å². The highest BCUT2D eigenvalue weighted by Crippen LogP contribution is 2.26. The smallest absolute Gasteiger partial charge is 0.233 e. The van der Waals surface area contributed by atoms with Crippen molar-refractivity contribution in [1.82, 2.24) is 4.98 Å². The van der Waals surface area contributed by atoms with E-state index in [0.29, 0.717) is 16.7 Å². The minimum atomic E-state index is -3.96. The third kappa shape index (κ3) is 3.00. The fraction of sp³-hybridized carbons (Fsp3) is 0.125. The van der Waals surface area contributed by atoms with E-state index in [0.717, 1.165) is 0 Å². The summed E-state index contributed by atoms with van der Waals surface area (Å²) in [5, 5.41) is 18.8.